The highest BCUT2D eigenvalue weighted by molar-refractivity contribution is 6.33. The maximum atomic E-state index is 14.1. The molecule has 166 valence electrons. The predicted molar refractivity (Wildman–Crippen MR) is 113 cm³/mol. The van der Waals surface area contributed by atoms with Crippen LogP contribution in [0.2, 0.25) is 10.0 Å². The topological polar surface area (TPSA) is 70.9 Å². The Morgan fingerprint density at radius 3 is 2.65 bits per heavy atom. The molecule has 2 aromatic rings. The fourth-order valence-electron chi connectivity index (χ4n) is 3.28. The summed E-state index contributed by atoms with van der Waals surface area (Å²) >= 11 is 12.1. The number of carbonyl (C=O) groups is 1. The standard InChI is InChI=1S/C21H19Cl2F3N2O3/c1-12-6-14(9-15(22)7-12)20(21(24,25)26)10-19(28-31-20)13-2-3-17(23)18(8-13)27-11-16(30)4-5-29/h2-3,6-9,27,29H,4-5,10-11H2,1H3. The number of ketones is 1. The smallest absolute Gasteiger partial charge is 0.396 e. The minimum atomic E-state index is -4.75. The Morgan fingerprint density at radius 1 is 1.26 bits per heavy atom. The first-order valence-corrected chi connectivity index (χ1v) is 10.1. The molecule has 1 heterocycles. The number of carbonyl (C=O) groups excluding carboxylic acids is 1. The van der Waals surface area contributed by atoms with Gasteiger partial charge in [0, 0.05) is 29.0 Å². The SMILES string of the molecule is Cc1cc(Cl)cc(C2(C(F)(F)F)CC(c3ccc(Cl)c(NCC(=O)CCO)c3)=NO2)c1. The van der Waals surface area contributed by atoms with Gasteiger partial charge >= 0.3 is 6.18 Å². The van der Waals surface area contributed by atoms with Crippen molar-refractivity contribution in [2.75, 3.05) is 18.5 Å². The number of hydrogen-bond acceptors (Lipinski definition) is 5. The molecule has 3 rings (SSSR count). The molecule has 1 unspecified atom stereocenters. The number of hydrogen-bond donors (Lipinski definition) is 2. The van der Waals surface area contributed by atoms with Gasteiger partial charge in [-0.15, -0.1) is 0 Å². The second-order valence-corrected chi connectivity index (χ2v) is 8.05. The quantitative estimate of drug-likeness (QED) is 0.574. The molecule has 1 aliphatic heterocycles. The lowest BCUT2D eigenvalue weighted by atomic mass is 9.86. The van der Waals surface area contributed by atoms with E-state index in [-0.39, 0.29) is 46.7 Å². The highest BCUT2D eigenvalue weighted by atomic mass is 35.5. The van der Waals surface area contributed by atoms with E-state index in [1.54, 1.807) is 13.0 Å². The number of halogens is 5. The van der Waals surface area contributed by atoms with Crippen molar-refractivity contribution < 1.29 is 27.9 Å². The van der Waals surface area contributed by atoms with Crippen LogP contribution in [0.3, 0.4) is 0 Å². The molecule has 0 aliphatic carbocycles. The molecule has 0 radical (unpaired) electrons. The van der Waals surface area contributed by atoms with Crippen molar-refractivity contribution >= 4 is 40.4 Å². The molecule has 31 heavy (non-hydrogen) atoms. The van der Waals surface area contributed by atoms with E-state index in [2.05, 4.69) is 10.5 Å². The lowest BCUT2D eigenvalue weighted by Gasteiger charge is -2.29. The zero-order chi connectivity index (χ0) is 22.8. The van der Waals surface area contributed by atoms with Crippen LogP contribution in [0.25, 0.3) is 0 Å². The summed E-state index contributed by atoms with van der Waals surface area (Å²) in [4.78, 5) is 16.7. The van der Waals surface area contributed by atoms with Crippen LogP contribution in [0.4, 0.5) is 18.9 Å². The average Bonchev–Trinajstić information content (AvgIpc) is 3.14. The lowest BCUT2D eigenvalue weighted by molar-refractivity contribution is -0.275. The van der Waals surface area contributed by atoms with Crippen molar-refractivity contribution in [1.29, 1.82) is 0 Å². The van der Waals surface area contributed by atoms with Crippen LogP contribution in [0.15, 0.2) is 41.6 Å². The predicted octanol–water partition coefficient (Wildman–Crippen LogP) is 5.25. The van der Waals surface area contributed by atoms with Gasteiger partial charge in [-0.3, -0.25) is 4.79 Å². The highest BCUT2D eigenvalue weighted by Crippen LogP contribution is 2.49. The summed E-state index contributed by atoms with van der Waals surface area (Å²) in [7, 11) is 0. The van der Waals surface area contributed by atoms with Gasteiger partial charge in [0.15, 0.2) is 5.78 Å². The number of anilines is 1. The van der Waals surface area contributed by atoms with Crippen LogP contribution in [-0.4, -0.2) is 35.9 Å². The van der Waals surface area contributed by atoms with E-state index >= 15 is 0 Å². The van der Waals surface area contributed by atoms with Gasteiger partial charge in [-0.25, -0.2) is 0 Å². The van der Waals surface area contributed by atoms with E-state index in [1.807, 2.05) is 0 Å². The number of aliphatic hydroxyl groups is 1. The Labute approximate surface area is 186 Å². The minimum absolute atomic E-state index is 0.0159. The minimum Gasteiger partial charge on any atom is -0.396 e. The molecular weight excluding hydrogens is 456 g/mol. The third kappa shape index (κ3) is 4.97. The van der Waals surface area contributed by atoms with Crippen LogP contribution in [0.5, 0.6) is 0 Å². The Bertz CT molecular complexity index is 1010. The van der Waals surface area contributed by atoms with Crippen molar-refractivity contribution in [3.63, 3.8) is 0 Å². The van der Waals surface area contributed by atoms with Crippen molar-refractivity contribution in [2.45, 2.75) is 31.5 Å². The van der Waals surface area contributed by atoms with Crippen LogP contribution < -0.4 is 5.32 Å². The first kappa shape index (κ1) is 23.4. The van der Waals surface area contributed by atoms with Crippen LogP contribution >= 0.6 is 23.2 Å². The molecule has 5 nitrogen and oxygen atoms in total. The van der Waals surface area contributed by atoms with Crippen molar-refractivity contribution in [3.8, 4) is 0 Å². The molecule has 0 amide bonds. The molecule has 2 aromatic carbocycles. The van der Waals surface area contributed by atoms with Gasteiger partial charge in [0.2, 0.25) is 0 Å². The lowest BCUT2D eigenvalue weighted by Crippen LogP contribution is -2.42. The Balaban J connectivity index is 1.90. The van der Waals surface area contributed by atoms with Crippen molar-refractivity contribution in [3.05, 3.63) is 63.1 Å². The summed E-state index contributed by atoms with van der Waals surface area (Å²) < 4.78 is 42.4. The second-order valence-electron chi connectivity index (χ2n) is 7.21. The molecule has 0 bridgehead atoms. The molecule has 0 spiro atoms. The molecule has 0 saturated heterocycles. The summed E-state index contributed by atoms with van der Waals surface area (Å²) in [6, 6.07) is 8.69. The molecule has 0 aromatic heterocycles. The fourth-order valence-corrected chi connectivity index (χ4v) is 3.75. The maximum Gasteiger partial charge on any atom is 0.435 e. The summed E-state index contributed by atoms with van der Waals surface area (Å²) in [6.45, 7) is 1.29. The van der Waals surface area contributed by atoms with E-state index in [0.29, 0.717) is 16.8 Å². The number of nitrogens with zero attached hydrogens (tertiary/aromatic N) is 1. The van der Waals surface area contributed by atoms with Gasteiger partial charge in [-0.2, -0.15) is 13.2 Å². The number of rotatable bonds is 7. The number of benzene rings is 2. The Hall–Kier alpha value is -2.29. The van der Waals surface area contributed by atoms with Gasteiger partial charge in [-0.05, 0) is 36.8 Å². The van der Waals surface area contributed by atoms with E-state index in [9.17, 15) is 18.0 Å². The number of oxime groups is 1. The van der Waals surface area contributed by atoms with Gasteiger partial charge in [0.25, 0.3) is 5.60 Å². The number of nitrogens with one attached hydrogen (secondary N) is 1. The highest BCUT2D eigenvalue weighted by Gasteiger charge is 2.62. The molecule has 2 N–H and O–H groups in total. The number of aryl methyl sites for hydroxylation is 1. The number of alkyl halides is 3. The molecule has 10 heteroatoms. The fraction of sp³-hybridized carbons (Fsp3) is 0.333. The zero-order valence-electron chi connectivity index (χ0n) is 16.4. The van der Waals surface area contributed by atoms with Crippen molar-refractivity contribution in [2.24, 2.45) is 5.16 Å². The van der Waals surface area contributed by atoms with Crippen LogP contribution in [0, 0.1) is 6.92 Å². The maximum absolute atomic E-state index is 14.1. The Kier molecular flexibility index (Phi) is 6.83. The van der Waals surface area contributed by atoms with Gasteiger partial charge < -0.3 is 15.3 Å². The Morgan fingerprint density at radius 2 is 2.00 bits per heavy atom. The molecule has 0 fully saturated rings. The zero-order valence-corrected chi connectivity index (χ0v) is 17.9. The van der Waals surface area contributed by atoms with E-state index < -0.39 is 18.2 Å². The molecular formula is C21H19Cl2F3N2O3. The molecule has 0 saturated carbocycles. The summed E-state index contributed by atoms with van der Waals surface area (Å²) in [5.41, 5.74) is -1.43. The van der Waals surface area contributed by atoms with Gasteiger partial charge in [0.1, 0.15) is 0 Å². The normalized spacial score (nSPS) is 18.5. The van der Waals surface area contributed by atoms with Gasteiger partial charge in [-0.1, -0.05) is 40.5 Å². The van der Waals surface area contributed by atoms with Gasteiger partial charge in [0.05, 0.1) is 29.6 Å². The monoisotopic (exact) mass is 474 g/mol. The largest absolute Gasteiger partial charge is 0.435 e. The number of Topliss-reactive ketones (excluding diaryl/α,β-unsaturated/α-hetero) is 1. The number of aliphatic hydroxyl groups excluding tert-OH is 1. The summed E-state index contributed by atoms with van der Waals surface area (Å²) in [5.74, 6) is -0.238. The molecule has 1 atom stereocenters. The summed E-state index contributed by atoms with van der Waals surface area (Å²) in [6.07, 6.45) is -5.32. The average molecular weight is 475 g/mol. The second kappa shape index (κ2) is 9.06. The third-order valence-corrected chi connectivity index (χ3v) is 5.41. The van der Waals surface area contributed by atoms with Crippen LogP contribution in [-0.2, 0) is 15.2 Å². The first-order chi connectivity index (χ1) is 14.6. The third-order valence-electron chi connectivity index (χ3n) is 4.86. The molecule has 1 aliphatic rings. The van der Waals surface area contributed by atoms with Crippen LogP contribution in [0.1, 0.15) is 29.5 Å². The van der Waals surface area contributed by atoms with E-state index in [0.717, 1.165) is 0 Å². The van der Waals surface area contributed by atoms with E-state index in [4.69, 9.17) is 33.1 Å². The van der Waals surface area contributed by atoms with E-state index in [1.165, 1.54) is 30.3 Å². The summed E-state index contributed by atoms with van der Waals surface area (Å²) in [5, 5.41) is 15.8. The first-order valence-electron chi connectivity index (χ1n) is 9.31. The van der Waals surface area contributed by atoms with Crippen molar-refractivity contribution in [1.82, 2.24) is 0 Å².